The number of rotatable bonds is 6. The standard InChI is InChI=1S/C32H27NO6/c1-37-20-12-8-18(9-13-20)26(19-10-14-21(38-2)15-11-19)27-23-16-17-24(27)29-28(23)30(34)33(31(29)35)25-7-5-4-6-22(25)32(36)39-3/h4-17,23-24,28-29H,1-3H3/t23-,24-,28+,29+/m0/s1. The van der Waals surface area contributed by atoms with Gasteiger partial charge in [-0.05, 0) is 58.7 Å². The number of imide groups is 1. The fourth-order valence-corrected chi connectivity index (χ4v) is 6.30. The number of nitrogens with zero attached hydrogens (tertiary/aromatic N) is 1. The Hall–Kier alpha value is -4.65. The molecule has 196 valence electrons. The summed E-state index contributed by atoms with van der Waals surface area (Å²) < 4.78 is 15.6. The highest BCUT2D eigenvalue weighted by atomic mass is 16.5. The van der Waals surface area contributed by atoms with Crippen molar-refractivity contribution < 1.29 is 28.6 Å². The van der Waals surface area contributed by atoms with Crippen LogP contribution in [0.1, 0.15) is 21.5 Å². The molecule has 0 N–H and O–H groups in total. The highest BCUT2D eigenvalue weighted by molar-refractivity contribution is 6.25. The summed E-state index contributed by atoms with van der Waals surface area (Å²) in [6.45, 7) is 0. The third-order valence-electron chi connectivity index (χ3n) is 8.01. The van der Waals surface area contributed by atoms with Crippen LogP contribution in [0.3, 0.4) is 0 Å². The summed E-state index contributed by atoms with van der Waals surface area (Å²) in [5.74, 6) is -1.26. The van der Waals surface area contributed by atoms with Gasteiger partial charge in [-0.2, -0.15) is 0 Å². The Morgan fingerprint density at radius 3 is 1.64 bits per heavy atom. The summed E-state index contributed by atoms with van der Waals surface area (Å²) >= 11 is 0. The highest BCUT2D eigenvalue weighted by Gasteiger charge is 2.62. The van der Waals surface area contributed by atoms with Gasteiger partial charge >= 0.3 is 5.97 Å². The topological polar surface area (TPSA) is 82.1 Å². The van der Waals surface area contributed by atoms with Crippen LogP contribution in [0.4, 0.5) is 5.69 Å². The second kappa shape index (κ2) is 9.58. The Morgan fingerprint density at radius 2 is 1.18 bits per heavy atom. The maximum atomic E-state index is 13.9. The van der Waals surface area contributed by atoms with Crippen molar-refractivity contribution in [2.45, 2.75) is 0 Å². The van der Waals surface area contributed by atoms with E-state index in [4.69, 9.17) is 14.2 Å². The van der Waals surface area contributed by atoms with Crippen LogP contribution in [-0.4, -0.2) is 39.1 Å². The van der Waals surface area contributed by atoms with E-state index in [1.54, 1.807) is 38.5 Å². The number of anilines is 1. The van der Waals surface area contributed by atoms with Crippen LogP contribution < -0.4 is 14.4 Å². The molecule has 2 aliphatic carbocycles. The zero-order valence-electron chi connectivity index (χ0n) is 21.8. The fourth-order valence-electron chi connectivity index (χ4n) is 6.30. The normalized spacial score (nSPS) is 22.7. The molecule has 6 rings (SSSR count). The number of carbonyl (C=O) groups is 3. The summed E-state index contributed by atoms with van der Waals surface area (Å²) in [5, 5.41) is 0. The number of para-hydroxylation sites is 1. The van der Waals surface area contributed by atoms with Gasteiger partial charge in [-0.1, -0.05) is 48.6 Å². The lowest BCUT2D eigenvalue weighted by atomic mass is 9.85. The predicted molar refractivity (Wildman–Crippen MR) is 145 cm³/mol. The van der Waals surface area contributed by atoms with Gasteiger partial charge in [0, 0.05) is 11.8 Å². The van der Waals surface area contributed by atoms with Gasteiger partial charge < -0.3 is 14.2 Å². The minimum atomic E-state index is -0.591. The predicted octanol–water partition coefficient (Wildman–Crippen LogP) is 4.91. The number of esters is 1. The lowest BCUT2D eigenvalue weighted by Crippen LogP contribution is -2.34. The molecule has 7 nitrogen and oxygen atoms in total. The number of benzene rings is 3. The van der Waals surface area contributed by atoms with E-state index in [0.29, 0.717) is 0 Å². The number of methoxy groups -OCH3 is 3. The van der Waals surface area contributed by atoms with Crippen LogP contribution in [0.2, 0.25) is 0 Å². The molecule has 2 bridgehead atoms. The average molecular weight is 522 g/mol. The fraction of sp³-hybridized carbons (Fsp3) is 0.219. The summed E-state index contributed by atoms with van der Waals surface area (Å²) in [4.78, 5) is 41.5. The number of fused-ring (bicyclic) bond motifs is 5. The molecule has 7 heteroatoms. The first-order valence-electron chi connectivity index (χ1n) is 12.7. The summed E-state index contributed by atoms with van der Waals surface area (Å²) in [5.41, 5.74) is 4.46. The number of ether oxygens (including phenoxy) is 3. The first kappa shape index (κ1) is 24.7. The van der Waals surface area contributed by atoms with Gasteiger partial charge in [-0.3, -0.25) is 9.59 Å². The molecule has 39 heavy (non-hydrogen) atoms. The van der Waals surface area contributed by atoms with E-state index in [1.165, 1.54) is 12.0 Å². The van der Waals surface area contributed by atoms with Crippen LogP contribution in [0, 0.1) is 23.7 Å². The third kappa shape index (κ3) is 3.76. The zero-order chi connectivity index (χ0) is 27.3. The van der Waals surface area contributed by atoms with Crippen molar-refractivity contribution in [1.82, 2.24) is 0 Å². The van der Waals surface area contributed by atoms with Crippen molar-refractivity contribution in [1.29, 1.82) is 0 Å². The molecule has 0 radical (unpaired) electrons. The number of allylic oxidation sites excluding steroid dienone is 3. The molecule has 3 aromatic carbocycles. The van der Waals surface area contributed by atoms with Gasteiger partial charge in [0.15, 0.2) is 0 Å². The van der Waals surface area contributed by atoms with E-state index in [9.17, 15) is 14.4 Å². The number of amides is 2. The van der Waals surface area contributed by atoms with Crippen molar-refractivity contribution in [2.75, 3.05) is 26.2 Å². The van der Waals surface area contributed by atoms with Gasteiger partial charge in [0.1, 0.15) is 11.5 Å². The van der Waals surface area contributed by atoms with E-state index in [-0.39, 0.29) is 34.9 Å². The molecule has 1 saturated carbocycles. The smallest absolute Gasteiger partial charge is 0.339 e. The van der Waals surface area contributed by atoms with Crippen LogP contribution >= 0.6 is 0 Å². The molecule has 4 atom stereocenters. The van der Waals surface area contributed by atoms with Gasteiger partial charge in [-0.15, -0.1) is 0 Å². The number of hydrogen-bond donors (Lipinski definition) is 0. The minimum absolute atomic E-state index is 0.190. The largest absolute Gasteiger partial charge is 0.497 e. The Kier molecular flexibility index (Phi) is 6.06. The van der Waals surface area contributed by atoms with E-state index in [0.717, 1.165) is 33.8 Å². The number of carbonyl (C=O) groups excluding carboxylic acids is 3. The maximum absolute atomic E-state index is 13.9. The Morgan fingerprint density at radius 1 is 0.692 bits per heavy atom. The second-order valence-electron chi connectivity index (χ2n) is 9.80. The second-order valence-corrected chi connectivity index (χ2v) is 9.80. The molecular weight excluding hydrogens is 494 g/mol. The van der Waals surface area contributed by atoms with Crippen LogP contribution in [0.15, 0.2) is 90.5 Å². The number of hydrogen-bond acceptors (Lipinski definition) is 6. The average Bonchev–Trinajstić information content (AvgIpc) is 3.62. The first-order valence-corrected chi connectivity index (χ1v) is 12.7. The molecule has 0 aromatic heterocycles. The molecule has 1 heterocycles. The van der Waals surface area contributed by atoms with Gasteiger partial charge in [0.2, 0.25) is 11.8 Å². The van der Waals surface area contributed by atoms with E-state index in [1.807, 2.05) is 48.5 Å². The van der Waals surface area contributed by atoms with Crippen LogP contribution in [0.5, 0.6) is 11.5 Å². The van der Waals surface area contributed by atoms with Gasteiger partial charge in [-0.25, -0.2) is 9.69 Å². The SMILES string of the molecule is COC(=O)c1ccccc1N1C(=O)[C@H]2[C@H](C1=O)[C@H]1C=C[C@H]2C1=C(c1ccc(OC)cc1)c1ccc(OC)cc1. The lowest BCUT2D eigenvalue weighted by molar-refractivity contribution is -0.122. The highest BCUT2D eigenvalue weighted by Crippen LogP contribution is 2.59. The van der Waals surface area contributed by atoms with E-state index < -0.39 is 17.8 Å². The molecular formula is C32H27NO6. The van der Waals surface area contributed by atoms with Crippen LogP contribution in [-0.2, 0) is 14.3 Å². The van der Waals surface area contributed by atoms with Gasteiger partial charge in [0.05, 0.1) is 44.4 Å². The molecule has 1 aliphatic heterocycles. The molecule has 3 aliphatic rings. The summed E-state index contributed by atoms with van der Waals surface area (Å²) in [6.07, 6.45) is 4.10. The van der Waals surface area contributed by atoms with Gasteiger partial charge in [0.25, 0.3) is 0 Å². The summed E-state index contributed by atoms with van der Waals surface area (Å²) in [6, 6.07) is 22.2. The van der Waals surface area contributed by atoms with E-state index in [2.05, 4.69) is 12.2 Å². The lowest BCUT2D eigenvalue weighted by Gasteiger charge is -2.23. The van der Waals surface area contributed by atoms with E-state index >= 15 is 0 Å². The molecule has 1 saturated heterocycles. The van der Waals surface area contributed by atoms with Crippen molar-refractivity contribution in [3.63, 3.8) is 0 Å². The minimum Gasteiger partial charge on any atom is -0.497 e. The molecule has 0 unspecified atom stereocenters. The van der Waals surface area contributed by atoms with Crippen LogP contribution in [0.25, 0.3) is 5.57 Å². The molecule has 2 fully saturated rings. The van der Waals surface area contributed by atoms with Crippen molar-refractivity contribution in [3.05, 3.63) is 107 Å². The van der Waals surface area contributed by atoms with Crippen molar-refractivity contribution in [3.8, 4) is 11.5 Å². The monoisotopic (exact) mass is 521 g/mol. The van der Waals surface area contributed by atoms with Crippen molar-refractivity contribution in [2.24, 2.45) is 23.7 Å². The summed E-state index contributed by atoms with van der Waals surface area (Å²) in [7, 11) is 4.53. The Labute approximate surface area is 226 Å². The Balaban J connectivity index is 1.47. The zero-order valence-corrected chi connectivity index (χ0v) is 21.8. The van der Waals surface area contributed by atoms with Crippen molar-refractivity contribution >= 4 is 29.0 Å². The molecule has 0 spiro atoms. The quantitative estimate of drug-likeness (QED) is 0.260. The third-order valence-corrected chi connectivity index (χ3v) is 8.01. The Bertz CT molecular complexity index is 1450. The first-order chi connectivity index (χ1) is 19.0. The molecule has 3 aromatic rings. The molecule has 2 amide bonds. The maximum Gasteiger partial charge on any atom is 0.339 e.